The lowest BCUT2D eigenvalue weighted by Gasteiger charge is -2.10. The van der Waals surface area contributed by atoms with Gasteiger partial charge in [0, 0.05) is 23.9 Å². The zero-order valence-electron chi connectivity index (χ0n) is 11.6. The number of rotatable bonds is 6. The van der Waals surface area contributed by atoms with Crippen LogP contribution in [-0.4, -0.2) is 25.5 Å². The molecule has 2 amide bonds. The number of carbonyl (C=O) groups is 2. The Labute approximate surface area is 126 Å². The lowest BCUT2D eigenvalue weighted by molar-refractivity contribution is -0.116. The Hall–Kier alpha value is -2.34. The summed E-state index contributed by atoms with van der Waals surface area (Å²) in [6.45, 7) is 0.287. The number of benzene rings is 1. The second-order valence-corrected chi connectivity index (χ2v) is 5.05. The van der Waals surface area contributed by atoms with Gasteiger partial charge in [-0.1, -0.05) is 12.1 Å². The van der Waals surface area contributed by atoms with Crippen molar-refractivity contribution in [2.45, 2.75) is 6.42 Å². The first kappa shape index (κ1) is 15.1. The molecule has 2 N–H and O–H groups in total. The Bertz CT molecular complexity index is 611. The predicted octanol–water partition coefficient (Wildman–Crippen LogP) is 2.52. The predicted molar refractivity (Wildman–Crippen MR) is 82.9 cm³/mol. The van der Waals surface area contributed by atoms with Gasteiger partial charge in [-0.15, -0.1) is 0 Å². The van der Waals surface area contributed by atoms with Gasteiger partial charge in [-0.25, -0.2) is 0 Å². The molecule has 0 unspecified atom stereocenters. The number of nitrogens with one attached hydrogen (secondary N) is 2. The molecule has 21 heavy (non-hydrogen) atoms. The van der Waals surface area contributed by atoms with Crippen LogP contribution in [0.1, 0.15) is 16.8 Å². The normalized spacial score (nSPS) is 9.95. The summed E-state index contributed by atoms with van der Waals surface area (Å²) in [5.41, 5.74) is 1.24. The van der Waals surface area contributed by atoms with E-state index in [1.165, 1.54) is 11.3 Å². The number of carbonyl (C=O) groups excluding carboxylic acids is 2. The van der Waals surface area contributed by atoms with E-state index in [0.717, 1.165) is 0 Å². The minimum atomic E-state index is -0.176. The summed E-state index contributed by atoms with van der Waals surface area (Å²) in [6, 6.07) is 8.93. The third-order valence-corrected chi connectivity index (χ3v) is 3.49. The Kier molecular flexibility index (Phi) is 5.34. The molecule has 110 valence electrons. The van der Waals surface area contributed by atoms with Crippen LogP contribution in [0.25, 0.3) is 0 Å². The van der Waals surface area contributed by atoms with Crippen molar-refractivity contribution in [1.82, 2.24) is 5.32 Å². The molecule has 2 rings (SSSR count). The van der Waals surface area contributed by atoms with Crippen molar-refractivity contribution in [3.8, 4) is 5.75 Å². The molecule has 0 aliphatic rings. The van der Waals surface area contributed by atoms with Crippen LogP contribution >= 0.6 is 11.3 Å². The van der Waals surface area contributed by atoms with E-state index >= 15 is 0 Å². The van der Waals surface area contributed by atoms with E-state index in [1.54, 1.807) is 30.7 Å². The van der Waals surface area contributed by atoms with E-state index in [9.17, 15) is 9.59 Å². The highest BCUT2D eigenvalue weighted by molar-refractivity contribution is 7.08. The highest BCUT2D eigenvalue weighted by atomic mass is 32.1. The quantitative estimate of drug-likeness (QED) is 0.861. The monoisotopic (exact) mass is 304 g/mol. The Morgan fingerprint density at radius 1 is 1.24 bits per heavy atom. The largest absolute Gasteiger partial charge is 0.495 e. The molecule has 0 aliphatic carbocycles. The average Bonchev–Trinajstić information content (AvgIpc) is 3.02. The molecule has 0 radical (unpaired) electrons. The molecule has 0 saturated carbocycles. The first-order valence-corrected chi connectivity index (χ1v) is 7.38. The van der Waals surface area contributed by atoms with Gasteiger partial charge in [-0.2, -0.15) is 11.3 Å². The van der Waals surface area contributed by atoms with Crippen molar-refractivity contribution in [3.05, 3.63) is 46.7 Å². The van der Waals surface area contributed by atoms with Crippen LogP contribution in [0.5, 0.6) is 5.75 Å². The zero-order valence-corrected chi connectivity index (χ0v) is 12.4. The van der Waals surface area contributed by atoms with E-state index in [2.05, 4.69) is 10.6 Å². The third-order valence-electron chi connectivity index (χ3n) is 2.80. The Balaban J connectivity index is 1.79. The average molecular weight is 304 g/mol. The minimum absolute atomic E-state index is 0.165. The van der Waals surface area contributed by atoms with Crippen molar-refractivity contribution in [2.75, 3.05) is 19.0 Å². The Morgan fingerprint density at radius 3 is 2.76 bits per heavy atom. The van der Waals surface area contributed by atoms with Crippen LogP contribution in [0.15, 0.2) is 41.1 Å². The summed E-state index contributed by atoms with van der Waals surface area (Å²) in [5.74, 6) is 0.264. The summed E-state index contributed by atoms with van der Waals surface area (Å²) in [4.78, 5) is 23.5. The van der Waals surface area contributed by atoms with Crippen LogP contribution in [0.3, 0.4) is 0 Å². The molecule has 1 aromatic heterocycles. The first-order valence-electron chi connectivity index (χ1n) is 6.44. The van der Waals surface area contributed by atoms with Crippen LogP contribution in [0.2, 0.25) is 0 Å². The van der Waals surface area contributed by atoms with Crippen LogP contribution in [0.4, 0.5) is 5.69 Å². The van der Waals surface area contributed by atoms with Crippen LogP contribution in [-0.2, 0) is 4.79 Å². The van der Waals surface area contributed by atoms with Gasteiger partial charge in [0.05, 0.1) is 12.8 Å². The third kappa shape index (κ3) is 4.32. The number of amides is 2. The lowest BCUT2D eigenvalue weighted by Crippen LogP contribution is -2.27. The number of ether oxygens (including phenoxy) is 1. The molecule has 1 heterocycles. The first-order chi connectivity index (χ1) is 10.2. The van der Waals surface area contributed by atoms with Crippen LogP contribution < -0.4 is 15.4 Å². The molecular formula is C15H16N2O3S. The molecule has 0 fully saturated rings. The minimum Gasteiger partial charge on any atom is -0.495 e. The number of thiophene rings is 1. The smallest absolute Gasteiger partial charge is 0.252 e. The number of hydrogen-bond donors (Lipinski definition) is 2. The van der Waals surface area contributed by atoms with Gasteiger partial charge < -0.3 is 15.4 Å². The molecule has 5 nitrogen and oxygen atoms in total. The fourth-order valence-electron chi connectivity index (χ4n) is 1.75. The van der Waals surface area contributed by atoms with Crippen molar-refractivity contribution in [1.29, 1.82) is 0 Å². The Morgan fingerprint density at radius 2 is 2.05 bits per heavy atom. The molecule has 0 aliphatic heterocycles. The lowest BCUT2D eigenvalue weighted by atomic mass is 10.2. The number of para-hydroxylation sites is 2. The van der Waals surface area contributed by atoms with E-state index in [1.807, 2.05) is 17.5 Å². The standard InChI is InChI=1S/C15H16N2O3S/c1-20-13-5-3-2-4-12(13)17-14(18)6-8-16-15(19)11-7-9-21-10-11/h2-5,7,9-10H,6,8H2,1H3,(H,16,19)(H,17,18). The molecule has 6 heteroatoms. The maximum Gasteiger partial charge on any atom is 0.252 e. The summed E-state index contributed by atoms with van der Waals surface area (Å²) in [5, 5.41) is 9.07. The molecule has 1 aromatic carbocycles. The maximum atomic E-state index is 11.8. The van der Waals surface area contributed by atoms with Gasteiger partial charge in [0.1, 0.15) is 5.75 Å². The fourth-order valence-corrected chi connectivity index (χ4v) is 2.38. The van der Waals surface area contributed by atoms with Crippen molar-refractivity contribution in [2.24, 2.45) is 0 Å². The van der Waals surface area contributed by atoms with Gasteiger partial charge >= 0.3 is 0 Å². The highest BCUT2D eigenvalue weighted by Crippen LogP contribution is 2.22. The van der Waals surface area contributed by atoms with Gasteiger partial charge in [-0.05, 0) is 23.6 Å². The molecule has 0 spiro atoms. The van der Waals surface area contributed by atoms with Crippen molar-refractivity contribution in [3.63, 3.8) is 0 Å². The number of anilines is 1. The number of hydrogen-bond acceptors (Lipinski definition) is 4. The second kappa shape index (κ2) is 7.44. The summed E-state index contributed by atoms with van der Waals surface area (Å²) < 4.78 is 5.15. The van der Waals surface area contributed by atoms with Gasteiger partial charge in [0.25, 0.3) is 5.91 Å². The maximum absolute atomic E-state index is 11.8. The second-order valence-electron chi connectivity index (χ2n) is 4.27. The molecule has 0 saturated heterocycles. The highest BCUT2D eigenvalue weighted by Gasteiger charge is 2.08. The number of methoxy groups -OCH3 is 1. The van der Waals surface area contributed by atoms with Crippen molar-refractivity contribution >= 4 is 28.8 Å². The summed E-state index contributed by atoms with van der Waals surface area (Å²) in [6.07, 6.45) is 0.202. The van der Waals surface area contributed by atoms with E-state index in [4.69, 9.17) is 4.74 Å². The van der Waals surface area contributed by atoms with Gasteiger partial charge in [0.15, 0.2) is 0 Å². The summed E-state index contributed by atoms with van der Waals surface area (Å²) >= 11 is 1.46. The van der Waals surface area contributed by atoms with Crippen molar-refractivity contribution < 1.29 is 14.3 Å². The van der Waals surface area contributed by atoms with Gasteiger partial charge in [-0.3, -0.25) is 9.59 Å². The van der Waals surface area contributed by atoms with E-state index < -0.39 is 0 Å². The molecule has 0 bridgehead atoms. The van der Waals surface area contributed by atoms with Crippen LogP contribution in [0, 0.1) is 0 Å². The molecular weight excluding hydrogens is 288 g/mol. The SMILES string of the molecule is COc1ccccc1NC(=O)CCNC(=O)c1ccsc1. The zero-order chi connectivity index (χ0) is 15.1. The van der Waals surface area contributed by atoms with E-state index in [-0.39, 0.29) is 24.8 Å². The fraction of sp³-hybridized carbons (Fsp3) is 0.200. The summed E-state index contributed by atoms with van der Waals surface area (Å²) in [7, 11) is 1.55. The van der Waals surface area contributed by atoms with Gasteiger partial charge in [0.2, 0.25) is 5.91 Å². The van der Waals surface area contributed by atoms with E-state index in [0.29, 0.717) is 17.0 Å². The topological polar surface area (TPSA) is 67.4 Å². The molecule has 0 atom stereocenters. The molecule has 2 aromatic rings.